The molecule has 0 radical (unpaired) electrons. The molecule has 0 bridgehead atoms. The molecular weight excluding hydrogens is 492 g/mol. The number of benzene rings is 1. The summed E-state index contributed by atoms with van der Waals surface area (Å²) in [5.74, 6) is -3.19. The van der Waals surface area contributed by atoms with Gasteiger partial charge < -0.3 is 30.8 Å². The molecule has 1 aromatic carbocycles. The summed E-state index contributed by atoms with van der Waals surface area (Å²) in [7, 11) is 0. The molecule has 12 heteroatoms. The zero-order chi connectivity index (χ0) is 27.2. The fourth-order valence-corrected chi connectivity index (χ4v) is 3.79. The number of halogens is 1. The fraction of sp³-hybridized carbons (Fsp3) is 0.500. The summed E-state index contributed by atoms with van der Waals surface area (Å²) in [6.07, 6.45) is 0.644. The number of likely N-dealkylation sites (tertiary alicyclic amines) is 1. The highest BCUT2D eigenvalue weighted by Crippen LogP contribution is 2.26. The van der Waals surface area contributed by atoms with Crippen LogP contribution in [0.3, 0.4) is 0 Å². The smallest absolute Gasteiger partial charge is 0.305 e. The van der Waals surface area contributed by atoms with Crippen molar-refractivity contribution in [2.24, 2.45) is 5.41 Å². The Labute approximate surface area is 213 Å². The van der Waals surface area contributed by atoms with Gasteiger partial charge in [0.15, 0.2) is 0 Å². The van der Waals surface area contributed by atoms with Crippen LogP contribution in [-0.4, -0.2) is 70.6 Å². The third kappa shape index (κ3) is 7.51. The number of aldehydes is 1. The third-order valence-electron chi connectivity index (χ3n) is 5.60. The Balaban J connectivity index is 2.03. The van der Waals surface area contributed by atoms with E-state index in [9.17, 15) is 28.8 Å². The van der Waals surface area contributed by atoms with E-state index in [0.717, 1.165) is 0 Å². The maximum absolute atomic E-state index is 13.0. The Morgan fingerprint density at radius 2 is 1.86 bits per heavy atom. The first-order valence-electron chi connectivity index (χ1n) is 11.4. The van der Waals surface area contributed by atoms with Gasteiger partial charge in [0.1, 0.15) is 18.4 Å². The lowest BCUT2D eigenvalue weighted by molar-refractivity contribution is -0.141. The highest BCUT2D eigenvalue weighted by Gasteiger charge is 2.37. The van der Waals surface area contributed by atoms with E-state index in [0.29, 0.717) is 24.8 Å². The lowest BCUT2D eigenvalue weighted by atomic mass is 9.95. The molecule has 0 aliphatic carbocycles. The summed E-state index contributed by atoms with van der Waals surface area (Å²) in [6.45, 7) is 7.01. The van der Waals surface area contributed by atoms with Gasteiger partial charge in [-0.25, -0.2) is 0 Å². The number of anilines is 1. The van der Waals surface area contributed by atoms with Crippen LogP contribution in [0.5, 0.6) is 0 Å². The lowest BCUT2D eigenvalue weighted by Gasteiger charge is -2.28. The van der Waals surface area contributed by atoms with E-state index < -0.39 is 53.7 Å². The van der Waals surface area contributed by atoms with Gasteiger partial charge in [0.25, 0.3) is 5.91 Å². The summed E-state index contributed by atoms with van der Waals surface area (Å²) < 4.78 is 0. The predicted molar refractivity (Wildman–Crippen MR) is 131 cm³/mol. The molecule has 1 aliphatic rings. The number of carboxylic acids is 1. The number of aliphatic carboxylic acids is 1. The maximum atomic E-state index is 13.0. The van der Waals surface area contributed by atoms with Gasteiger partial charge in [-0.2, -0.15) is 0 Å². The second-order valence-electron chi connectivity index (χ2n) is 9.63. The molecule has 1 fully saturated rings. The Bertz CT molecular complexity index is 1050. The molecular formula is C24H31ClN4O7. The molecule has 11 nitrogen and oxygen atoms in total. The molecule has 0 spiro atoms. The molecule has 36 heavy (non-hydrogen) atoms. The standard InChI is InChI=1S/C24H31ClN4O7/c1-13(22(35)29-9-5-6-18(29)21(34)27-15(12-30)11-19(31)32)26-20(33)14-7-8-17(16(25)10-14)28-23(36)24(2,3)4/h7-8,10,12-13,15,18H,5-6,9,11H2,1-4H3,(H,26,33)(H,27,34)(H,28,36)(H,31,32). The molecule has 0 aromatic heterocycles. The van der Waals surface area contributed by atoms with Crippen LogP contribution in [-0.2, 0) is 24.0 Å². The van der Waals surface area contributed by atoms with Gasteiger partial charge in [-0.1, -0.05) is 32.4 Å². The molecule has 3 unspecified atom stereocenters. The van der Waals surface area contributed by atoms with Gasteiger partial charge >= 0.3 is 5.97 Å². The lowest BCUT2D eigenvalue weighted by Crippen LogP contribution is -2.54. The van der Waals surface area contributed by atoms with Gasteiger partial charge in [0.2, 0.25) is 17.7 Å². The predicted octanol–water partition coefficient (Wildman–Crippen LogP) is 1.59. The maximum Gasteiger partial charge on any atom is 0.305 e. The first kappa shape index (κ1) is 28.8. The zero-order valence-electron chi connectivity index (χ0n) is 20.6. The van der Waals surface area contributed by atoms with Gasteiger partial charge in [-0.3, -0.25) is 24.0 Å². The highest BCUT2D eigenvalue weighted by molar-refractivity contribution is 6.34. The van der Waals surface area contributed by atoms with Gasteiger partial charge in [0.05, 0.1) is 23.2 Å². The average Bonchev–Trinajstić information content (AvgIpc) is 3.28. The minimum atomic E-state index is -1.24. The second-order valence-corrected chi connectivity index (χ2v) is 10.0. The summed E-state index contributed by atoms with van der Waals surface area (Å²) in [6, 6.07) is 1.27. The number of amides is 4. The summed E-state index contributed by atoms with van der Waals surface area (Å²) in [5, 5.41) is 16.6. The van der Waals surface area contributed by atoms with Crippen molar-refractivity contribution in [1.82, 2.24) is 15.5 Å². The zero-order valence-corrected chi connectivity index (χ0v) is 21.3. The molecule has 3 atom stereocenters. The topological polar surface area (TPSA) is 162 Å². The molecule has 4 amide bonds. The number of carboxylic acid groups (broad SMARTS) is 1. The Hall–Kier alpha value is -3.47. The minimum absolute atomic E-state index is 0.154. The van der Waals surface area contributed by atoms with Crippen LogP contribution in [0.4, 0.5) is 5.69 Å². The van der Waals surface area contributed by atoms with Gasteiger partial charge in [0, 0.05) is 17.5 Å². The van der Waals surface area contributed by atoms with E-state index in [4.69, 9.17) is 16.7 Å². The quantitative estimate of drug-likeness (QED) is 0.358. The van der Waals surface area contributed by atoms with Crippen LogP contribution in [0.2, 0.25) is 5.02 Å². The third-order valence-corrected chi connectivity index (χ3v) is 5.92. The molecule has 0 saturated carbocycles. The Morgan fingerprint density at radius 1 is 1.19 bits per heavy atom. The van der Waals surface area contributed by atoms with E-state index in [2.05, 4.69) is 16.0 Å². The van der Waals surface area contributed by atoms with E-state index >= 15 is 0 Å². The van der Waals surface area contributed by atoms with Crippen LogP contribution in [0.15, 0.2) is 18.2 Å². The monoisotopic (exact) mass is 522 g/mol. The van der Waals surface area contributed by atoms with Crippen molar-refractivity contribution in [3.63, 3.8) is 0 Å². The van der Waals surface area contributed by atoms with Crippen molar-refractivity contribution < 1.29 is 33.9 Å². The number of hydrogen-bond acceptors (Lipinski definition) is 6. The Kier molecular flexibility index (Phi) is 9.57. The molecule has 196 valence electrons. The Morgan fingerprint density at radius 3 is 2.42 bits per heavy atom. The van der Waals surface area contributed by atoms with Gasteiger partial charge in [-0.15, -0.1) is 0 Å². The number of carbonyl (C=O) groups excluding carboxylic acids is 5. The number of rotatable bonds is 9. The van der Waals surface area contributed by atoms with Crippen molar-refractivity contribution in [1.29, 1.82) is 0 Å². The van der Waals surface area contributed by atoms with Crippen LogP contribution in [0, 0.1) is 5.41 Å². The van der Waals surface area contributed by atoms with E-state index in [-0.39, 0.29) is 23.0 Å². The van der Waals surface area contributed by atoms with E-state index in [1.54, 1.807) is 20.8 Å². The van der Waals surface area contributed by atoms with Gasteiger partial charge in [-0.05, 0) is 38.0 Å². The SMILES string of the molecule is CC(NC(=O)c1ccc(NC(=O)C(C)(C)C)c(Cl)c1)C(=O)N1CCCC1C(=O)NC(C=O)CC(=O)O. The summed E-state index contributed by atoms with van der Waals surface area (Å²) in [4.78, 5) is 73.7. The summed E-state index contributed by atoms with van der Waals surface area (Å²) >= 11 is 6.23. The number of nitrogens with one attached hydrogen (secondary N) is 3. The number of hydrogen-bond donors (Lipinski definition) is 4. The minimum Gasteiger partial charge on any atom is -0.481 e. The largest absolute Gasteiger partial charge is 0.481 e. The molecule has 4 N–H and O–H groups in total. The van der Waals surface area contributed by atoms with Crippen molar-refractivity contribution in [2.75, 3.05) is 11.9 Å². The van der Waals surface area contributed by atoms with E-state index in [1.165, 1.54) is 30.0 Å². The van der Waals surface area contributed by atoms with Crippen LogP contribution in [0.1, 0.15) is 57.3 Å². The molecule has 1 aromatic rings. The van der Waals surface area contributed by atoms with Crippen molar-refractivity contribution in [3.05, 3.63) is 28.8 Å². The highest BCUT2D eigenvalue weighted by atomic mass is 35.5. The van der Waals surface area contributed by atoms with Crippen molar-refractivity contribution in [2.45, 2.75) is 65.1 Å². The van der Waals surface area contributed by atoms with Crippen LogP contribution >= 0.6 is 11.6 Å². The molecule has 1 heterocycles. The fourth-order valence-electron chi connectivity index (χ4n) is 3.56. The molecule has 2 rings (SSSR count). The molecule has 1 aliphatic heterocycles. The first-order valence-corrected chi connectivity index (χ1v) is 11.8. The summed E-state index contributed by atoms with van der Waals surface area (Å²) in [5.41, 5.74) is -0.115. The van der Waals surface area contributed by atoms with Crippen LogP contribution in [0.25, 0.3) is 0 Å². The van der Waals surface area contributed by atoms with Crippen LogP contribution < -0.4 is 16.0 Å². The number of carbonyl (C=O) groups is 6. The first-order chi connectivity index (χ1) is 16.7. The van der Waals surface area contributed by atoms with Crippen molar-refractivity contribution in [3.8, 4) is 0 Å². The normalized spacial score (nSPS) is 17.0. The number of nitrogens with zero attached hydrogens (tertiary/aromatic N) is 1. The van der Waals surface area contributed by atoms with Crippen molar-refractivity contribution >= 4 is 53.2 Å². The average molecular weight is 523 g/mol. The molecule has 1 saturated heterocycles. The second kappa shape index (κ2) is 12.0. The van der Waals surface area contributed by atoms with E-state index in [1.807, 2.05) is 0 Å².